The van der Waals surface area contributed by atoms with E-state index < -0.39 is 0 Å². The number of rotatable bonds is 4. The van der Waals surface area contributed by atoms with E-state index in [1.807, 2.05) is 0 Å². The van der Waals surface area contributed by atoms with E-state index in [0.29, 0.717) is 0 Å². The lowest BCUT2D eigenvalue weighted by molar-refractivity contribution is 0.312. The van der Waals surface area contributed by atoms with Crippen LogP contribution in [0.2, 0.25) is 0 Å². The Labute approximate surface area is 109 Å². The Morgan fingerprint density at radius 2 is 1.89 bits per heavy atom. The molecule has 0 spiro atoms. The summed E-state index contributed by atoms with van der Waals surface area (Å²) in [7, 11) is 2.17. The second-order valence-corrected chi connectivity index (χ2v) is 4.70. The van der Waals surface area contributed by atoms with Gasteiger partial charge in [0.2, 0.25) is 0 Å². The number of hydrogen-bond acceptors (Lipinski definition) is 5. The second kappa shape index (κ2) is 6.00. The molecule has 0 aromatic carbocycles. The van der Waals surface area contributed by atoms with Crippen LogP contribution in [0, 0.1) is 0 Å². The molecule has 5 nitrogen and oxygen atoms in total. The van der Waals surface area contributed by atoms with Crippen molar-refractivity contribution in [2.24, 2.45) is 0 Å². The maximum absolute atomic E-state index is 4.64. The summed E-state index contributed by atoms with van der Waals surface area (Å²) < 4.78 is 0. The van der Waals surface area contributed by atoms with E-state index in [2.05, 4.69) is 52.0 Å². The van der Waals surface area contributed by atoms with E-state index in [9.17, 15) is 0 Å². The monoisotopic (exact) mass is 249 g/mol. The lowest BCUT2D eigenvalue weighted by Crippen LogP contribution is -2.44. The summed E-state index contributed by atoms with van der Waals surface area (Å²) in [6.45, 7) is 9.36. The molecule has 100 valence electrons. The number of likely N-dealkylation sites (N-methyl/N-ethyl adjacent to an activating group) is 1. The maximum Gasteiger partial charge on any atom is 0.134 e. The Morgan fingerprint density at radius 3 is 2.50 bits per heavy atom. The molecule has 5 heteroatoms. The first-order valence-corrected chi connectivity index (χ1v) is 6.78. The van der Waals surface area contributed by atoms with E-state index in [-0.39, 0.29) is 0 Å². The SMILES string of the molecule is CCNc1cc(N2CCN(C)CC2)nc(CC)n1. The molecule has 1 saturated heterocycles. The molecule has 1 aromatic heterocycles. The van der Waals surface area contributed by atoms with Crippen LogP contribution in [0.25, 0.3) is 0 Å². The zero-order valence-corrected chi connectivity index (χ0v) is 11.6. The van der Waals surface area contributed by atoms with Crippen LogP contribution < -0.4 is 10.2 Å². The fraction of sp³-hybridized carbons (Fsp3) is 0.692. The van der Waals surface area contributed by atoms with Gasteiger partial charge in [-0.3, -0.25) is 0 Å². The van der Waals surface area contributed by atoms with Crippen molar-refractivity contribution in [3.63, 3.8) is 0 Å². The molecule has 0 radical (unpaired) electrons. The predicted octanol–water partition coefficient (Wildman–Crippen LogP) is 1.22. The number of nitrogens with zero attached hydrogens (tertiary/aromatic N) is 4. The van der Waals surface area contributed by atoms with Crippen molar-refractivity contribution >= 4 is 11.6 Å². The lowest BCUT2D eigenvalue weighted by atomic mass is 10.3. The molecule has 1 N–H and O–H groups in total. The second-order valence-electron chi connectivity index (χ2n) is 4.70. The van der Waals surface area contributed by atoms with Gasteiger partial charge in [0.15, 0.2) is 0 Å². The van der Waals surface area contributed by atoms with Crippen LogP contribution >= 0.6 is 0 Å². The zero-order chi connectivity index (χ0) is 13.0. The smallest absolute Gasteiger partial charge is 0.134 e. The molecular formula is C13H23N5. The minimum Gasteiger partial charge on any atom is -0.370 e. The maximum atomic E-state index is 4.64. The van der Waals surface area contributed by atoms with Crippen molar-refractivity contribution in [2.75, 3.05) is 50.0 Å². The lowest BCUT2D eigenvalue weighted by Gasteiger charge is -2.33. The van der Waals surface area contributed by atoms with Gasteiger partial charge >= 0.3 is 0 Å². The number of anilines is 2. The van der Waals surface area contributed by atoms with Crippen LogP contribution in [-0.2, 0) is 6.42 Å². The molecule has 1 aliphatic rings. The molecule has 18 heavy (non-hydrogen) atoms. The van der Waals surface area contributed by atoms with Gasteiger partial charge in [-0.05, 0) is 14.0 Å². The summed E-state index contributed by atoms with van der Waals surface area (Å²) in [6.07, 6.45) is 0.875. The van der Waals surface area contributed by atoms with Gasteiger partial charge in [-0.1, -0.05) is 6.92 Å². The molecule has 0 aliphatic carbocycles. The Balaban J connectivity index is 2.17. The molecule has 1 aliphatic heterocycles. The quantitative estimate of drug-likeness (QED) is 0.869. The summed E-state index contributed by atoms with van der Waals surface area (Å²) in [5, 5.41) is 3.28. The molecule has 0 saturated carbocycles. The number of hydrogen-bond donors (Lipinski definition) is 1. The number of piperazine rings is 1. The summed E-state index contributed by atoms with van der Waals surface area (Å²) in [6, 6.07) is 2.06. The highest BCUT2D eigenvalue weighted by molar-refractivity contribution is 5.49. The van der Waals surface area contributed by atoms with Crippen molar-refractivity contribution in [3.05, 3.63) is 11.9 Å². The van der Waals surface area contributed by atoms with E-state index in [1.165, 1.54) is 0 Å². The minimum absolute atomic E-state index is 0.875. The fourth-order valence-corrected chi connectivity index (χ4v) is 2.11. The van der Waals surface area contributed by atoms with E-state index in [1.54, 1.807) is 0 Å². The molecule has 2 heterocycles. The van der Waals surface area contributed by atoms with Gasteiger partial charge < -0.3 is 15.1 Å². The molecule has 1 fully saturated rings. The molecule has 2 rings (SSSR count). The number of nitrogens with one attached hydrogen (secondary N) is 1. The number of aromatic nitrogens is 2. The van der Waals surface area contributed by atoms with Gasteiger partial charge in [-0.25, -0.2) is 9.97 Å². The van der Waals surface area contributed by atoms with Gasteiger partial charge in [0, 0.05) is 45.2 Å². The van der Waals surface area contributed by atoms with Gasteiger partial charge in [-0.2, -0.15) is 0 Å². The topological polar surface area (TPSA) is 44.3 Å². The Kier molecular flexibility index (Phi) is 4.36. The summed E-state index contributed by atoms with van der Waals surface area (Å²) in [4.78, 5) is 13.8. The van der Waals surface area contributed by atoms with Gasteiger partial charge in [-0.15, -0.1) is 0 Å². The molecule has 1 aromatic rings. The first kappa shape index (κ1) is 13.1. The van der Waals surface area contributed by atoms with Gasteiger partial charge in [0.05, 0.1) is 0 Å². The summed E-state index contributed by atoms with van der Waals surface area (Å²) in [5.74, 6) is 2.92. The van der Waals surface area contributed by atoms with Crippen LogP contribution in [0.4, 0.5) is 11.6 Å². The van der Waals surface area contributed by atoms with Crippen LogP contribution in [0.5, 0.6) is 0 Å². The predicted molar refractivity (Wildman–Crippen MR) is 75.3 cm³/mol. The van der Waals surface area contributed by atoms with Crippen molar-refractivity contribution in [1.29, 1.82) is 0 Å². The highest BCUT2D eigenvalue weighted by Crippen LogP contribution is 2.17. The summed E-state index contributed by atoms with van der Waals surface area (Å²) in [5.41, 5.74) is 0. The van der Waals surface area contributed by atoms with Crippen LogP contribution in [0.1, 0.15) is 19.7 Å². The molecular weight excluding hydrogens is 226 g/mol. The highest BCUT2D eigenvalue weighted by atomic mass is 15.3. The minimum atomic E-state index is 0.875. The van der Waals surface area contributed by atoms with Crippen molar-refractivity contribution < 1.29 is 0 Å². The Bertz CT molecular complexity index is 385. The standard InChI is InChI=1S/C13H23N5/c1-4-11-15-12(14-5-2)10-13(16-11)18-8-6-17(3)7-9-18/h10H,4-9H2,1-3H3,(H,14,15,16). The first-order valence-electron chi connectivity index (χ1n) is 6.78. The third-order valence-corrected chi connectivity index (χ3v) is 3.26. The molecule has 0 atom stereocenters. The van der Waals surface area contributed by atoms with E-state index in [4.69, 9.17) is 0 Å². The molecule has 0 bridgehead atoms. The third kappa shape index (κ3) is 3.10. The van der Waals surface area contributed by atoms with Gasteiger partial charge in [0.25, 0.3) is 0 Å². The van der Waals surface area contributed by atoms with Crippen LogP contribution in [-0.4, -0.2) is 54.6 Å². The number of aryl methyl sites for hydroxylation is 1. The fourth-order valence-electron chi connectivity index (χ4n) is 2.11. The van der Waals surface area contributed by atoms with E-state index >= 15 is 0 Å². The summed E-state index contributed by atoms with van der Waals surface area (Å²) >= 11 is 0. The van der Waals surface area contributed by atoms with Crippen molar-refractivity contribution in [3.8, 4) is 0 Å². The highest BCUT2D eigenvalue weighted by Gasteiger charge is 2.16. The Morgan fingerprint density at radius 1 is 1.17 bits per heavy atom. The van der Waals surface area contributed by atoms with Gasteiger partial charge in [0.1, 0.15) is 17.5 Å². The van der Waals surface area contributed by atoms with Crippen molar-refractivity contribution in [1.82, 2.24) is 14.9 Å². The zero-order valence-electron chi connectivity index (χ0n) is 11.6. The van der Waals surface area contributed by atoms with Crippen LogP contribution in [0.3, 0.4) is 0 Å². The van der Waals surface area contributed by atoms with Crippen molar-refractivity contribution in [2.45, 2.75) is 20.3 Å². The average Bonchev–Trinajstić information content (AvgIpc) is 2.39. The normalized spacial score (nSPS) is 16.9. The molecule has 0 amide bonds. The first-order chi connectivity index (χ1) is 8.72. The largest absolute Gasteiger partial charge is 0.370 e. The molecule has 0 unspecified atom stereocenters. The van der Waals surface area contributed by atoms with E-state index in [0.717, 1.165) is 56.6 Å². The van der Waals surface area contributed by atoms with Crippen LogP contribution in [0.15, 0.2) is 6.07 Å². The third-order valence-electron chi connectivity index (χ3n) is 3.26. The Hall–Kier alpha value is -1.36. The average molecular weight is 249 g/mol.